The van der Waals surface area contributed by atoms with Crippen molar-refractivity contribution in [1.82, 2.24) is 9.47 Å². The van der Waals surface area contributed by atoms with Crippen molar-refractivity contribution >= 4 is 5.91 Å². The molecule has 0 aliphatic carbocycles. The highest BCUT2D eigenvalue weighted by atomic mass is 16.5. The third-order valence-electron chi connectivity index (χ3n) is 4.79. The van der Waals surface area contributed by atoms with Crippen molar-refractivity contribution in [2.75, 3.05) is 13.7 Å². The fraction of sp³-hybridized carbons (Fsp3) is 0.421. The van der Waals surface area contributed by atoms with Gasteiger partial charge in [0.2, 0.25) is 5.91 Å². The fourth-order valence-corrected chi connectivity index (χ4v) is 3.30. The fourth-order valence-electron chi connectivity index (χ4n) is 3.30. The van der Waals surface area contributed by atoms with Crippen LogP contribution in [-0.2, 0) is 11.3 Å². The number of methoxy groups -OCH3 is 1. The van der Waals surface area contributed by atoms with Gasteiger partial charge < -0.3 is 14.2 Å². The average molecular weight is 312 g/mol. The molecule has 0 saturated heterocycles. The predicted molar refractivity (Wildman–Crippen MR) is 90.4 cm³/mol. The Labute approximate surface area is 137 Å². The molecule has 1 aliphatic rings. The van der Waals surface area contributed by atoms with Crippen LogP contribution in [0.2, 0.25) is 0 Å². The predicted octanol–water partition coefficient (Wildman–Crippen LogP) is 3.47. The van der Waals surface area contributed by atoms with E-state index in [1.807, 2.05) is 30.0 Å². The van der Waals surface area contributed by atoms with Gasteiger partial charge in [-0.05, 0) is 24.6 Å². The number of ether oxygens (including phenoxy) is 1. The Kier molecular flexibility index (Phi) is 4.42. The minimum absolute atomic E-state index is 0.0359. The second kappa shape index (κ2) is 6.49. The summed E-state index contributed by atoms with van der Waals surface area (Å²) in [6.07, 6.45) is 2.94. The number of hydrogen-bond donors (Lipinski definition) is 0. The minimum atomic E-state index is -0.0867. The van der Waals surface area contributed by atoms with E-state index in [2.05, 4.69) is 35.9 Å². The lowest BCUT2D eigenvalue weighted by atomic mass is 9.96. The van der Waals surface area contributed by atoms with Crippen LogP contribution in [0.1, 0.15) is 37.6 Å². The number of aromatic nitrogens is 1. The van der Waals surface area contributed by atoms with E-state index in [0.29, 0.717) is 0 Å². The number of amides is 1. The van der Waals surface area contributed by atoms with Crippen LogP contribution in [0.4, 0.5) is 0 Å². The Morgan fingerprint density at radius 1 is 1.26 bits per heavy atom. The van der Waals surface area contributed by atoms with Gasteiger partial charge in [-0.3, -0.25) is 4.79 Å². The number of nitrogens with zero attached hydrogens (tertiary/aromatic N) is 2. The summed E-state index contributed by atoms with van der Waals surface area (Å²) in [6.45, 7) is 5.65. The topological polar surface area (TPSA) is 34.5 Å². The van der Waals surface area contributed by atoms with Crippen LogP contribution < -0.4 is 4.74 Å². The number of fused-ring (bicyclic) bond motifs is 1. The highest BCUT2D eigenvalue weighted by Crippen LogP contribution is 2.37. The van der Waals surface area contributed by atoms with Crippen molar-refractivity contribution in [2.24, 2.45) is 5.92 Å². The van der Waals surface area contributed by atoms with E-state index in [-0.39, 0.29) is 17.9 Å². The smallest absolute Gasteiger partial charge is 0.226 e. The maximum absolute atomic E-state index is 12.9. The molecule has 0 radical (unpaired) electrons. The molecule has 23 heavy (non-hydrogen) atoms. The summed E-state index contributed by atoms with van der Waals surface area (Å²) < 4.78 is 7.79. The highest BCUT2D eigenvalue weighted by molar-refractivity contribution is 5.79. The van der Waals surface area contributed by atoms with E-state index in [1.165, 1.54) is 0 Å². The van der Waals surface area contributed by atoms with Crippen LogP contribution in [0, 0.1) is 5.92 Å². The van der Waals surface area contributed by atoms with E-state index in [9.17, 15) is 4.79 Å². The monoisotopic (exact) mass is 312 g/mol. The second-order valence-corrected chi connectivity index (χ2v) is 6.11. The Morgan fingerprint density at radius 3 is 2.78 bits per heavy atom. The third-order valence-corrected chi connectivity index (χ3v) is 4.79. The summed E-state index contributed by atoms with van der Waals surface area (Å²) in [5.41, 5.74) is 2.20. The molecule has 0 unspecified atom stereocenters. The third kappa shape index (κ3) is 2.74. The maximum Gasteiger partial charge on any atom is 0.226 e. The highest BCUT2D eigenvalue weighted by Gasteiger charge is 2.35. The Morgan fingerprint density at radius 2 is 2.04 bits per heavy atom. The average Bonchev–Trinajstić information content (AvgIpc) is 3.08. The van der Waals surface area contributed by atoms with Crippen molar-refractivity contribution in [1.29, 1.82) is 0 Å². The molecule has 0 N–H and O–H groups in total. The molecule has 2 heterocycles. The zero-order chi connectivity index (χ0) is 16.4. The van der Waals surface area contributed by atoms with Crippen LogP contribution in [0.25, 0.3) is 0 Å². The lowest BCUT2D eigenvalue weighted by Gasteiger charge is -2.39. The molecule has 0 fully saturated rings. The van der Waals surface area contributed by atoms with Crippen molar-refractivity contribution in [3.05, 3.63) is 53.9 Å². The van der Waals surface area contributed by atoms with Gasteiger partial charge >= 0.3 is 0 Å². The van der Waals surface area contributed by atoms with Crippen molar-refractivity contribution < 1.29 is 9.53 Å². The molecule has 1 aromatic carbocycles. The molecule has 4 nitrogen and oxygen atoms in total. The first-order valence-corrected chi connectivity index (χ1v) is 8.25. The van der Waals surface area contributed by atoms with Crippen LogP contribution in [0.15, 0.2) is 42.6 Å². The molecular formula is C19H24N2O2. The molecule has 1 amide bonds. The number of carbonyl (C=O) groups is 1. The first kappa shape index (κ1) is 15.7. The number of hydrogen-bond acceptors (Lipinski definition) is 2. The van der Waals surface area contributed by atoms with Crippen molar-refractivity contribution in [2.45, 2.75) is 32.9 Å². The van der Waals surface area contributed by atoms with Crippen LogP contribution in [0.3, 0.4) is 0 Å². The van der Waals surface area contributed by atoms with Crippen molar-refractivity contribution in [3.8, 4) is 5.75 Å². The molecule has 0 bridgehead atoms. The van der Waals surface area contributed by atoms with Crippen LogP contribution in [0.5, 0.6) is 5.75 Å². The second-order valence-electron chi connectivity index (χ2n) is 6.11. The summed E-state index contributed by atoms with van der Waals surface area (Å²) in [4.78, 5) is 14.9. The Hall–Kier alpha value is -2.23. The Balaban J connectivity index is 2.09. The van der Waals surface area contributed by atoms with Crippen LogP contribution in [-0.4, -0.2) is 29.0 Å². The van der Waals surface area contributed by atoms with Crippen LogP contribution >= 0.6 is 0 Å². The standard InChI is InChI=1S/C19H24N2O2/c1-4-14(2)19(22)21-13-12-20-11-7-9-16(20)18(21)15-8-5-6-10-17(15)23-3/h5-11,14,18H,4,12-13H2,1-3H3/t14-,18-/m1/s1. The molecule has 2 aromatic rings. The van der Waals surface area contributed by atoms with Gasteiger partial charge in [-0.15, -0.1) is 0 Å². The molecule has 0 spiro atoms. The zero-order valence-electron chi connectivity index (χ0n) is 14.0. The first-order chi connectivity index (χ1) is 11.2. The lowest BCUT2D eigenvalue weighted by molar-refractivity contribution is -0.137. The summed E-state index contributed by atoms with van der Waals surface area (Å²) in [7, 11) is 1.68. The number of benzene rings is 1. The van der Waals surface area contributed by atoms with E-state index in [1.54, 1.807) is 7.11 Å². The van der Waals surface area contributed by atoms with Gasteiger partial charge in [-0.2, -0.15) is 0 Å². The van der Waals surface area contributed by atoms with Gasteiger partial charge in [0.05, 0.1) is 7.11 Å². The van der Waals surface area contributed by atoms with Gasteiger partial charge in [0.25, 0.3) is 0 Å². The summed E-state index contributed by atoms with van der Waals surface area (Å²) >= 11 is 0. The van der Waals surface area contributed by atoms with Crippen molar-refractivity contribution in [3.63, 3.8) is 0 Å². The SMILES string of the molecule is CC[C@@H](C)C(=O)N1CCn2cccc2[C@H]1c1ccccc1OC. The quantitative estimate of drug-likeness (QED) is 0.866. The lowest BCUT2D eigenvalue weighted by Crippen LogP contribution is -2.44. The van der Waals surface area contributed by atoms with E-state index < -0.39 is 0 Å². The number of para-hydroxylation sites is 1. The molecule has 1 aliphatic heterocycles. The number of rotatable bonds is 4. The van der Waals surface area contributed by atoms with E-state index in [0.717, 1.165) is 36.5 Å². The summed E-state index contributed by atoms with van der Waals surface area (Å²) in [6, 6.07) is 12.1. The molecule has 122 valence electrons. The molecular weight excluding hydrogens is 288 g/mol. The van der Waals surface area contributed by atoms with E-state index in [4.69, 9.17) is 4.74 Å². The molecule has 2 atom stereocenters. The molecule has 1 aromatic heterocycles. The van der Waals surface area contributed by atoms with Gasteiger partial charge in [0.1, 0.15) is 11.8 Å². The number of carbonyl (C=O) groups excluding carboxylic acids is 1. The molecule has 4 heteroatoms. The van der Waals surface area contributed by atoms with E-state index >= 15 is 0 Å². The first-order valence-electron chi connectivity index (χ1n) is 8.25. The summed E-state index contributed by atoms with van der Waals surface area (Å²) in [5, 5.41) is 0. The van der Waals surface area contributed by atoms with Gasteiger partial charge in [0.15, 0.2) is 0 Å². The normalized spacial score (nSPS) is 18.4. The summed E-state index contributed by atoms with van der Waals surface area (Å²) in [5.74, 6) is 1.08. The largest absolute Gasteiger partial charge is 0.496 e. The maximum atomic E-state index is 12.9. The molecule has 0 saturated carbocycles. The van der Waals surface area contributed by atoms with Gasteiger partial charge in [-0.25, -0.2) is 0 Å². The van der Waals surface area contributed by atoms with Gasteiger partial charge in [-0.1, -0.05) is 32.0 Å². The molecule has 3 rings (SSSR count). The zero-order valence-corrected chi connectivity index (χ0v) is 14.0. The minimum Gasteiger partial charge on any atom is -0.496 e. The Bertz CT molecular complexity index is 692. The van der Waals surface area contributed by atoms with Gasteiger partial charge in [0, 0.05) is 36.5 Å².